The van der Waals surface area contributed by atoms with Gasteiger partial charge in [0, 0.05) is 17.0 Å². The summed E-state index contributed by atoms with van der Waals surface area (Å²) in [5.74, 6) is -0.245. The Morgan fingerprint density at radius 3 is 2.80 bits per heavy atom. The van der Waals surface area contributed by atoms with Gasteiger partial charge in [0.05, 0.1) is 12.0 Å². The lowest BCUT2D eigenvalue weighted by atomic mass is 9.98. The maximum absolute atomic E-state index is 11.8. The molecule has 2 nitrogen and oxygen atoms in total. The summed E-state index contributed by atoms with van der Waals surface area (Å²) < 4.78 is 0. The van der Waals surface area contributed by atoms with Gasteiger partial charge in [0.1, 0.15) is 0 Å². The van der Waals surface area contributed by atoms with Gasteiger partial charge in [-0.05, 0) is 37.6 Å². The van der Waals surface area contributed by atoms with Crippen molar-refractivity contribution < 1.29 is 4.79 Å². The van der Waals surface area contributed by atoms with Crippen LogP contribution in [-0.2, 0) is 0 Å². The number of hydrogen-bond acceptors (Lipinski definition) is 2. The molecule has 0 saturated carbocycles. The number of hydrogen-bond donors (Lipinski definition) is 0. The fourth-order valence-electron chi connectivity index (χ4n) is 1.37. The van der Waals surface area contributed by atoms with Crippen LogP contribution < -0.4 is 0 Å². The molecule has 0 heterocycles. The quantitative estimate of drug-likeness (QED) is 0.735. The number of rotatable bonds is 3. The molecule has 0 amide bonds. The van der Waals surface area contributed by atoms with Gasteiger partial charge >= 0.3 is 0 Å². The van der Waals surface area contributed by atoms with Crippen molar-refractivity contribution >= 4 is 17.4 Å². The van der Waals surface area contributed by atoms with Crippen LogP contribution in [0.25, 0.3) is 0 Å². The molecule has 3 heteroatoms. The van der Waals surface area contributed by atoms with Crippen LogP contribution in [0.4, 0.5) is 0 Å². The first-order valence-corrected chi connectivity index (χ1v) is 5.11. The summed E-state index contributed by atoms with van der Waals surface area (Å²) in [4.78, 5) is 11.8. The summed E-state index contributed by atoms with van der Waals surface area (Å²) in [5.41, 5.74) is 1.51. The minimum absolute atomic E-state index is 0.00165. The Morgan fingerprint density at radius 1 is 1.60 bits per heavy atom. The molecule has 1 aromatic rings. The summed E-state index contributed by atoms with van der Waals surface area (Å²) in [6.07, 6.45) is 0.263. The SMILES string of the molecule is Cc1cc(Cl)ccc1C(=O)CC(C)C#N. The molecule has 0 spiro atoms. The Morgan fingerprint density at radius 2 is 2.27 bits per heavy atom. The molecule has 1 unspecified atom stereocenters. The number of nitriles is 1. The van der Waals surface area contributed by atoms with E-state index in [0.717, 1.165) is 5.56 Å². The van der Waals surface area contributed by atoms with Crippen LogP contribution in [0, 0.1) is 24.2 Å². The average molecular weight is 222 g/mol. The first-order chi connectivity index (χ1) is 7.04. The average Bonchev–Trinajstić information content (AvgIpc) is 2.17. The first kappa shape index (κ1) is 11.7. The molecule has 1 aromatic carbocycles. The Labute approximate surface area is 94.5 Å². The van der Waals surface area contributed by atoms with Gasteiger partial charge in [0.25, 0.3) is 0 Å². The molecule has 0 radical (unpaired) electrons. The van der Waals surface area contributed by atoms with Crippen molar-refractivity contribution in [1.29, 1.82) is 5.26 Å². The minimum Gasteiger partial charge on any atom is -0.294 e. The molecular weight excluding hydrogens is 210 g/mol. The highest BCUT2D eigenvalue weighted by Gasteiger charge is 2.12. The van der Waals surface area contributed by atoms with Crippen LogP contribution in [0.5, 0.6) is 0 Å². The van der Waals surface area contributed by atoms with E-state index in [1.807, 2.05) is 13.0 Å². The predicted molar refractivity (Wildman–Crippen MR) is 59.9 cm³/mol. The molecule has 0 aliphatic heterocycles. The van der Waals surface area contributed by atoms with E-state index in [1.165, 1.54) is 0 Å². The Balaban J connectivity index is 2.88. The molecule has 1 atom stereocenters. The molecule has 15 heavy (non-hydrogen) atoms. The number of carbonyl (C=O) groups is 1. The molecule has 0 fully saturated rings. The molecule has 0 aliphatic rings. The molecule has 78 valence electrons. The third kappa shape index (κ3) is 3.07. The third-order valence-electron chi connectivity index (χ3n) is 2.20. The molecule has 0 bridgehead atoms. The van der Waals surface area contributed by atoms with Crippen molar-refractivity contribution in [2.75, 3.05) is 0 Å². The standard InChI is InChI=1S/C12H12ClNO/c1-8(7-14)5-12(15)11-4-3-10(13)6-9(11)2/h3-4,6,8H,5H2,1-2H3. The van der Waals surface area contributed by atoms with E-state index in [1.54, 1.807) is 25.1 Å². The lowest BCUT2D eigenvalue weighted by molar-refractivity contribution is 0.0972. The molecule has 1 rings (SSSR count). The summed E-state index contributed by atoms with van der Waals surface area (Å²) in [7, 11) is 0. The van der Waals surface area contributed by atoms with E-state index in [2.05, 4.69) is 0 Å². The highest BCUT2D eigenvalue weighted by Crippen LogP contribution is 2.18. The lowest BCUT2D eigenvalue weighted by Crippen LogP contribution is -2.06. The highest BCUT2D eigenvalue weighted by molar-refractivity contribution is 6.30. The molecule has 0 N–H and O–H groups in total. The van der Waals surface area contributed by atoms with Gasteiger partial charge in [0.15, 0.2) is 5.78 Å². The summed E-state index contributed by atoms with van der Waals surface area (Å²) >= 11 is 5.79. The van der Waals surface area contributed by atoms with E-state index in [9.17, 15) is 4.79 Å². The van der Waals surface area contributed by atoms with Gasteiger partial charge in [-0.15, -0.1) is 0 Å². The van der Waals surface area contributed by atoms with Crippen LogP contribution in [0.3, 0.4) is 0 Å². The Bertz CT molecular complexity index is 420. The lowest BCUT2D eigenvalue weighted by Gasteiger charge is -2.06. The van der Waals surface area contributed by atoms with Crippen LogP contribution in [0.1, 0.15) is 29.3 Å². The molecular formula is C12H12ClNO. The Kier molecular flexibility index (Phi) is 3.88. The zero-order valence-electron chi connectivity index (χ0n) is 8.75. The second-order valence-electron chi connectivity index (χ2n) is 3.62. The number of Topliss-reactive ketones (excluding diaryl/α,β-unsaturated/α-hetero) is 1. The smallest absolute Gasteiger partial charge is 0.164 e. The second kappa shape index (κ2) is 4.95. The molecule has 0 aromatic heterocycles. The van der Waals surface area contributed by atoms with Crippen LogP contribution in [-0.4, -0.2) is 5.78 Å². The summed E-state index contributed by atoms with van der Waals surface area (Å²) in [5, 5.41) is 9.24. The Hall–Kier alpha value is -1.33. The van der Waals surface area contributed by atoms with Crippen molar-refractivity contribution in [3.05, 3.63) is 34.3 Å². The zero-order valence-corrected chi connectivity index (χ0v) is 9.51. The largest absolute Gasteiger partial charge is 0.294 e. The number of halogens is 1. The van der Waals surface area contributed by atoms with E-state index < -0.39 is 0 Å². The van der Waals surface area contributed by atoms with Crippen molar-refractivity contribution in [3.63, 3.8) is 0 Å². The van der Waals surface area contributed by atoms with Gasteiger partial charge in [-0.25, -0.2) is 0 Å². The van der Waals surface area contributed by atoms with Gasteiger partial charge in [-0.1, -0.05) is 11.6 Å². The minimum atomic E-state index is -0.243. The molecule has 0 aliphatic carbocycles. The zero-order chi connectivity index (χ0) is 11.4. The van der Waals surface area contributed by atoms with Crippen molar-refractivity contribution in [2.24, 2.45) is 5.92 Å². The monoisotopic (exact) mass is 221 g/mol. The first-order valence-electron chi connectivity index (χ1n) is 4.73. The third-order valence-corrected chi connectivity index (χ3v) is 2.44. The summed E-state index contributed by atoms with van der Waals surface area (Å²) in [6, 6.07) is 7.21. The van der Waals surface area contributed by atoms with E-state index in [4.69, 9.17) is 16.9 Å². The number of nitrogens with zero attached hydrogens (tertiary/aromatic N) is 1. The maximum Gasteiger partial charge on any atom is 0.164 e. The van der Waals surface area contributed by atoms with Crippen molar-refractivity contribution in [1.82, 2.24) is 0 Å². The normalized spacial score (nSPS) is 11.9. The second-order valence-corrected chi connectivity index (χ2v) is 4.05. The fraction of sp³-hybridized carbons (Fsp3) is 0.333. The van der Waals surface area contributed by atoms with Crippen molar-refractivity contribution in [2.45, 2.75) is 20.3 Å². The maximum atomic E-state index is 11.8. The van der Waals surface area contributed by atoms with Crippen LogP contribution in [0.2, 0.25) is 5.02 Å². The van der Waals surface area contributed by atoms with Gasteiger partial charge in [-0.2, -0.15) is 5.26 Å². The van der Waals surface area contributed by atoms with Crippen molar-refractivity contribution in [3.8, 4) is 6.07 Å². The van der Waals surface area contributed by atoms with E-state index in [0.29, 0.717) is 10.6 Å². The fourth-order valence-corrected chi connectivity index (χ4v) is 1.60. The van der Waals surface area contributed by atoms with E-state index >= 15 is 0 Å². The van der Waals surface area contributed by atoms with Crippen LogP contribution >= 0.6 is 11.6 Å². The molecule has 0 saturated heterocycles. The number of aryl methyl sites for hydroxylation is 1. The van der Waals surface area contributed by atoms with Gasteiger partial charge < -0.3 is 0 Å². The summed E-state index contributed by atoms with van der Waals surface area (Å²) in [6.45, 7) is 3.58. The number of ketones is 1. The number of benzene rings is 1. The van der Waals surface area contributed by atoms with Gasteiger partial charge in [-0.3, -0.25) is 4.79 Å². The van der Waals surface area contributed by atoms with Crippen LogP contribution in [0.15, 0.2) is 18.2 Å². The highest BCUT2D eigenvalue weighted by atomic mass is 35.5. The topological polar surface area (TPSA) is 40.9 Å². The van der Waals surface area contributed by atoms with Gasteiger partial charge in [0.2, 0.25) is 0 Å². The predicted octanol–water partition coefficient (Wildman–Crippen LogP) is 3.38. The number of carbonyl (C=O) groups excluding carboxylic acids is 1. The van der Waals surface area contributed by atoms with E-state index in [-0.39, 0.29) is 18.1 Å².